The lowest BCUT2D eigenvalue weighted by molar-refractivity contribution is 0.666. The summed E-state index contributed by atoms with van der Waals surface area (Å²) in [6.45, 7) is 0. The molecule has 14 aromatic heterocycles. The van der Waals surface area contributed by atoms with Crippen molar-refractivity contribution >= 4 is 234 Å². The van der Waals surface area contributed by atoms with E-state index in [1.165, 1.54) is 69.1 Å². The van der Waals surface area contributed by atoms with Gasteiger partial charge in [-0.2, -0.15) is 0 Å². The van der Waals surface area contributed by atoms with E-state index in [0.717, 1.165) is 221 Å². The Bertz CT molecular complexity index is 10800. The number of hydrogen-bond acceptors (Lipinski definition) is 11. The Kier molecular flexibility index (Phi) is 16.8. The highest BCUT2D eigenvalue weighted by molar-refractivity contribution is 7.25. The Morgan fingerprint density at radius 3 is 1.03 bits per heavy atom. The first-order valence-electron chi connectivity index (χ1n) is 46.9. The van der Waals surface area contributed by atoms with Gasteiger partial charge in [0.2, 0.25) is 0 Å². The predicted octanol–water partition coefficient (Wildman–Crippen LogP) is 33.1. The number of pyridine rings is 5. The highest BCUT2D eigenvalue weighted by Gasteiger charge is 2.25. The van der Waals surface area contributed by atoms with Crippen molar-refractivity contribution in [1.29, 1.82) is 0 Å². The number of para-hydroxylation sites is 5. The lowest BCUT2D eigenvalue weighted by atomic mass is 9.96. The minimum Gasteiger partial charge on any atom is -0.455 e. The van der Waals surface area contributed by atoms with Crippen molar-refractivity contribution in [2.45, 2.75) is 0 Å². The van der Waals surface area contributed by atoms with Gasteiger partial charge < -0.3 is 17.8 Å². The molecule has 0 N–H and O–H groups in total. The Morgan fingerprint density at radius 2 is 0.557 bits per heavy atom. The number of hydrogen-bond donors (Lipinski definition) is 0. The average Bonchev–Trinajstić information content (AvgIpc) is 1.55. The molecule has 15 heteroatoms. The summed E-state index contributed by atoms with van der Waals surface area (Å²) in [4.78, 5) is 35.5. The maximum absolute atomic E-state index is 6.29. The van der Waals surface area contributed by atoms with Crippen LogP contribution in [0.15, 0.2) is 445 Å². The summed E-state index contributed by atoms with van der Waals surface area (Å²) in [5.41, 5.74) is 28.8. The molecule has 32 aromatic rings. The standard InChI is InChI=1S/C42H24N4O.C42H23N3OS.C41H24N4O/c1-2-13-31-27(9-1)33-21-25(35-22-26(19-20-43-35)46-36-14-6-3-10-28(36)29-11-4-7-15-37(29)46)17-18-32(33)42-41(31)44-40-23-34-30-12-5-8-16-38(30)47-39(34)24-45(40)42;1-2-10-31-27(7-1)33-19-26(35-20-25(17-18-43-35)24-13-15-30-29-9-4-6-12-38(29)47-39(30)21-24)14-16-32(33)42-41(31)44-40-22-34-28-8-3-5-11-36(28)46-37(34)23-45(40)42;1-3-11-25(12-4-1)34-23-35(26-13-5-2-6-14-26)43-41(42-34)27-19-20-31-32(21-27)28-15-7-8-17-30(28)39-40(31)45-24-37-33(22-38(45)44-39)29-16-9-10-18-36(29)46-37/h1-24H;1-23H;1-24H. The van der Waals surface area contributed by atoms with Gasteiger partial charge in [-0.15, -0.1) is 11.3 Å². The minimum absolute atomic E-state index is 0.688. The monoisotopic (exact) mass is 1810 g/mol. The minimum atomic E-state index is 0.688. The van der Waals surface area contributed by atoms with E-state index in [0.29, 0.717) is 5.82 Å². The Labute approximate surface area is 798 Å². The first-order chi connectivity index (χ1) is 69.3. The van der Waals surface area contributed by atoms with Gasteiger partial charge in [-0.25, -0.2) is 24.9 Å². The SMILES string of the molecule is c1ccc(-c2cc(-c3ccccc3)nc(-c3ccc4c(c3)c3ccccc3c3nc5cc6c(cn5c43)oc3ccccc36)n2)cc1.c1ccc2c(c1)oc1cn3c(cc12)nc1c2ccccc2c2cc(-c4cc(-c5ccc6c(c5)sc5ccccc56)ccn4)ccc2c13.c1ccc2c(c1)oc1cn3c(cc12)nc1c2ccccc2c2cc(-c4cc(-n5c6ccccc6c6ccccc65)ccn4)ccc2c13. The van der Waals surface area contributed by atoms with Crippen LogP contribution in [0.1, 0.15) is 0 Å². The van der Waals surface area contributed by atoms with E-state index < -0.39 is 0 Å². The van der Waals surface area contributed by atoms with E-state index in [9.17, 15) is 0 Å². The van der Waals surface area contributed by atoms with Crippen LogP contribution >= 0.6 is 11.3 Å². The molecule has 0 spiro atoms. The predicted molar refractivity (Wildman–Crippen MR) is 576 cm³/mol. The van der Waals surface area contributed by atoms with E-state index >= 15 is 0 Å². The lowest BCUT2D eigenvalue weighted by Crippen LogP contribution is -1.96. The van der Waals surface area contributed by atoms with Crippen LogP contribution in [0.4, 0.5) is 0 Å². The maximum atomic E-state index is 6.29. The summed E-state index contributed by atoms with van der Waals surface area (Å²) in [7, 11) is 0. The second-order valence-corrected chi connectivity index (χ2v) is 37.3. The smallest absolute Gasteiger partial charge is 0.160 e. The fourth-order valence-corrected chi connectivity index (χ4v) is 23.1. The Hall–Kier alpha value is -18.8. The summed E-state index contributed by atoms with van der Waals surface area (Å²) < 4.78 is 30.4. The first kappa shape index (κ1) is 77.6. The summed E-state index contributed by atoms with van der Waals surface area (Å²) >= 11 is 1.85. The molecule has 0 aliphatic carbocycles. The second kappa shape index (κ2) is 30.3. The molecule has 14 nitrogen and oxygen atoms in total. The molecule has 14 heterocycles. The van der Waals surface area contributed by atoms with Crippen molar-refractivity contribution in [3.8, 4) is 73.2 Å². The van der Waals surface area contributed by atoms with Gasteiger partial charge in [0.15, 0.2) is 22.6 Å². The summed E-state index contributed by atoms with van der Waals surface area (Å²) in [5.74, 6) is 0.688. The molecule has 650 valence electrons. The molecular formula is C125H71N11O3S. The fraction of sp³-hybridized carbons (Fsp3) is 0. The van der Waals surface area contributed by atoms with Crippen molar-refractivity contribution < 1.29 is 13.3 Å². The van der Waals surface area contributed by atoms with Crippen LogP contribution < -0.4 is 0 Å². The summed E-state index contributed by atoms with van der Waals surface area (Å²) in [5, 5.41) is 25.4. The van der Waals surface area contributed by atoms with Crippen molar-refractivity contribution in [3.05, 3.63) is 431 Å². The zero-order valence-electron chi connectivity index (χ0n) is 74.5. The number of rotatable bonds is 7. The summed E-state index contributed by atoms with van der Waals surface area (Å²) in [6.07, 6.45) is 10.1. The zero-order chi connectivity index (χ0) is 91.5. The van der Waals surface area contributed by atoms with Gasteiger partial charge in [-0.1, -0.05) is 291 Å². The molecule has 0 atom stereocenters. The molecule has 0 fully saturated rings. The molecular weight excluding hydrogens is 1740 g/mol. The van der Waals surface area contributed by atoms with E-state index in [1.54, 1.807) is 0 Å². The molecule has 0 aliphatic rings. The molecule has 18 aromatic carbocycles. The normalized spacial score (nSPS) is 12.1. The molecule has 32 rings (SSSR count). The van der Waals surface area contributed by atoms with Gasteiger partial charge in [-0.3, -0.25) is 23.2 Å². The first-order valence-corrected chi connectivity index (χ1v) is 47.7. The highest BCUT2D eigenvalue weighted by Crippen LogP contribution is 2.47. The van der Waals surface area contributed by atoms with Gasteiger partial charge in [0.25, 0.3) is 0 Å². The van der Waals surface area contributed by atoms with E-state index in [-0.39, 0.29) is 0 Å². The molecule has 0 amide bonds. The van der Waals surface area contributed by atoms with Crippen LogP contribution in [0.25, 0.3) is 296 Å². The molecule has 0 unspecified atom stereocenters. The van der Waals surface area contributed by atoms with Crippen LogP contribution in [-0.4, -0.2) is 52.7 Å². The number of benzene rings is 18. The van der Waals surface area contributed by atoms with Gasteiger partial charge in [0, 0.05) is 141 Å². The van der Waals surface area contributed by atoms with Crippen LogP contribution in [0.3, 0.4) is 0 Å². The van der Waals surface area contributed by atoms with Crippen molar-refractivity contribution in [2.24, 2.45) is 0 Å². The van der Waals surface area contributed by atoms with Gasteiger partial charge in [-0.05, 0) is 153 Å². The molecule has 0 aliphatic heterocycles. The zero-order valence-corrected chi connectivity index (χ0v) is 75.4. The van der Waals surface area contributed by atoms with Crippen molar-refractivity contribution in [3.63, 3.8) is 0 Å². The third-order valence-electron chi connectivity index (χ3n) is 28.4. The molecule has 0 bridgehead atoms. The van der Waals surface area contributed by atoms with Gasteiger partial charge in [0.1, 0.15) is 33.7 Å². The highest BCUT2D eigenvalue weighted by atomic mass is 32.1. The summed E-state index contributed by atoms with van der Waals surface area (Å²) in [6, 6.07) is 141. The number of aromatic nitrogens is 11. The Morgan fingerprint density at radius 1 is 0.200 bits per heavy atom. The lowest BCUT2D eigenvalue weighted by Gasteiger charge is -2.12. The third kappa shape index (κ3) is 12.0. The van der Waals surface area contributed by atoms with Crippen LogP contribution in [-0.2, 0) is 0 Å². The van der Waals surface area contributed by atoms with Crippen LogP contribution in [0.5, 0.6) is 0 Å². The number of thiophene rings is 1. The topological polar surface area (TPSA) is 148 Å². The van der Waals surface area contributed by atoms with Gasteiger partial charge in [0.05, 0.1) is 85.5 Å². The maximum Gasteiger partial charge on any atom is 0.160 e. The third-order valence-corrected chi connectivity index (χ3v) is 29.5. The van der Waals surface area contributed by atoms with E-state index in [2.05, 4.69) is 358 Å². The quantitative estimate of drug-likeness (QED) is 0.141. The molecule has 0 saturated heterocycles. The fourth-order valence-electron chi connectivity index (χ4n) is 21.9. The van der Waals surface area contributed by atoms with Crippen LogP contribution in [0.2, 0.25) is 0 Å². The van der Waals surface area contributed by atoms with E-state index in [1.807, 2.05) is 103 Å². The number of furan rings is 3. The molecule has 0 saturated carbocycles. The largest absolute Gasteiger partial charge is 0.455 e. The number of imidazole rings is 3. The van der Waals surface area contributed by atoms with Crippen molar-refractivity contribution in [2.75, 3.05) is 0 Å². The molecule has 140 heavy (non-hydrogen) atoms. The number of fused-ring (bicyclic) bond motifs is 39. The molecule has 0 radical (unpaired) electrons. The second-order valence-electron chi connectivity index (χ2n) is 36.2. The van der Waals surface area contributed by atoms with Crippen LogP contribution in [0, 0.1) is 0 Å². The van der Waals surface area contributed by atoms with Crippen molar-refractivity contribution in [1.82, 2.24) is 52.7 Å². The number of nitrogens with zero attached hydrogens (tertiary/aromatic N) is 11. The Balaban J connectivity index is 0.0000000987. The van der Waals surface area contributed by atoms with E-state index in [4.69, 9.17) is 48.1 Å². The average molecular weight is 1810 g/mol. The van der Waals surface area contributed by atoms with Gasteiger partial charge >= 0.3 is 0 Å².